The maximum Gasteiger partial charge on any atom is 0.163 e. The van der Waals surface area contributed by atoms with Gasteiger partial charge in [-0.25, -0.2) is 0 Å². The Bertz CT molecular complexity index is 246. The smallest absolute Gasteiger partial charge is 0.163 e. The van der Waals surface area contributed by atoms with Crippen molar-refractivity contribution in [3.8, 4) is 0 Å². The molecule has 1 N–H and O–H groups in total. The van der Waals surface area contributed by atoms with E-state index in [0.717, 1.165) is 19.4 Å². The number of rotatable bonds is 5. The van der Waals surface area contributed by atoms with Gasteiger partial charge in [0.05, 0.1) is 0 Å². The van der Waals surface area contributed by atoms with E-state index in [2.05, 4.69) is 33.0 Å². The quantitative estimate of drug-likeness (QED) is 0.732. The third-order valence-electron chi connectivity index (χ3n) is 4.31. The summed E-state index contributed by atoms with van der Waals surface area (Å²) in [4.78, 5) is 0. The van der Waals surface area contributed by atoms with Crippen molar-refractivity contribution in [1.29, 1.82) is 0 Å². The first kappa shape index (κ1) is 12.3. The minimum absolute atomic E-state index is 0.00560. The molecule has 94 valence electrons. The molecule has 5 atom stereocenters. The van der Waals surface area contributed by atoms with Crippen molar-refractivity contribution in [3.05, 3.63) is 0 Å². The lowest BCUT2D eigenvalue weighted by Gasteiger charge is -2.63. The van der Waals surface area contributed by atoms with Gasteiger partial charge in [0.1, 0.15) is 5.72 Å². The molecule has 0 spiro atoms. The summed E-state index contributed by atoms with van der Waals surface area (Å²) in [6, 6.07) is 0.570. The number of hydrogen-bond acceptors (Lipinski definition) is 3. The van der Waals surface area contributed by atoms with Crippen LogP contribution in [0.4, 0.5) is 0 Å². The number of hydrogen-bond donors (Lipinski definition) is 1. The molecular weight excluding hydrogens is 202 g/mol. The standard InChI is InChI=1S/C13H25NO2/c1-5-7-8-15-12-9(3)11-10(4)13(6-2,14-11)16-12/h9-12,14H,5-8H2,1-4H3/t9?,10-,11+,12+,13?/m1/s1. The molecule has 2 bridgehead atoms. The van der Waals surface area contributed by atoms with Crippen LogP contribution in [0.3, 0.4) is 0 Å². The molecule has 0 aliphatic carbocycles. The molecule has 3 saturated heterocycles. The minimum atomic E-state index is -0.103. The van der Waals surface area contributed by atoms with E-state index in [4.69, 9.17) is 9.47 Å². The first-order chi connectivity index (χ1) is 7.64. The molecule has 3 aliphatic rings. The summed E-state index contributed by atoms with van der Waals surface area (Å²) in [7, 11) is 0. The number of ether oxygens (including phenoxy) is 2. The summed E-state index contributed by atoms with van der Waals surface area (Å²) in [6.07, 6.45) is 3.32. The normalized spacial score (nSPS) is 46.5. The highest BCUT2D eigenvalue weighted by molar-refractivity contribution is 5.08. The molecule has 0 saturated carbocycles. The molecule has 0 aromatic heterocycles. The topological polar surface area (TPSA) is 30.5 Å². The fourth-order valence-corrected chi connectivity index (χ4v) is 2.98. The minimum Gasteiger partial charge on any atom is -0.352 e. The summed E-state index contributed by atoms with van der Waals surface area (Å²) in [5.41, 5.74) is -0.103. The summed E-state index contributed by atoms with van der Waals surface area (Å²) >= 11 is 0. The summed E-state index contributed by atoms with van der Waals surface area (Å²) < 4.78 is 12.0. The van der Waals surface area contributed by atoms with Crippen LogP contribution in [0.2, 0.25) is 0 Å². The lowest BCUT2D eigenvalue weighted by atomic mass is 9.70. The van der Waals surface area contributed by atoms with E-state index in [-0.39, 0.29) is 12.0 Å². The van der Waals surface area contributed by atoms with E-state index in [1.807, 2.05) is 0 Å². The molecule has 3 rings (SSSR count). The molecular formula is C13H25NO2. The Morgan fingerprint density at radius 1 is 1.31 bits per heavy atom. The van der Waals surface area contributed by atoms with E-state index in [9.17, 15) is 0 Å². The Morgan fingerprint density at radius 2 is 2.06 bits per heavy atom. The molecule has 3 heterocycles. The van der Waals surface area contributed by atoms with Gasteiger partial charge in [-0.1, -0.05) is 34.1 Å². The van der Waals surface area contributed by atoms with Crippen LogP contribution in [-0.4, -0.2) is 24.7 Å². The highest BCUT2D eigenvalue weighted by atomic mass is 16.7. The van der Waals surface area contributed by atoms with Gasteiger partial charge in [-0.15, -0.1) is 0 Å². The Hall–Kier alpha value is -0.120. The number of unbranched alkanes of at least 4 members (excludes halogenated alkanes) is 1. The zero-order chi connectivity index (χ0) is 11.8. The highest BCUT2D eigenvalue weighted by Gasteiger charge is 2.59. The first-order valence-corrected chi connectivity index (χ1v) is 6.71. The van der Waals surface area contributed by atoms with Gasteiger partial charge in [-0.3, -0.25) is 5.32 Å². The van der Waals surface area contributed by atoms with Crippen molar-refractivity contribution in [2.24, 2.45) is 11.8 Å². The predicted molar refractivity (Wildman–Crippen MR) is 64.0 cm³/mol. The first-order valence-electron chi connectivity index (χ1n) is 6.71. The Balaban J connectivity index is 1.91. The second-order valence-electron chi connectivity index (χ2n) is 5.27. The summed E-state index contributed by atoms with van der Waals surface area (Å²) in [6.45, 7) is 9.70. The lowest BCUT2D eigenvalue weighted by Crippen LogP contribution is -2.79. The van der Waals surface area contributed by atoms with E-state index >= 15 is 0 Å². The fourth-order valence-electron chi connectivity index (χ4n) is 2.98. The van der Waals surface area contributed by atoms with Gasteiger partial charge in [0, 0.05) is 24.5 Å². The molecule has 16 heavy (non-hydrogen) atoms. The second-order valence-corrected chi connectivity index (χ2v) is 5.27. The van der Waals surface area contributed by atoms with Crippen LogP contribution in [0.1, 0.15) is 47.0 Å². The number of nitrogens with one attached hydrogen (secondary N) is 1. The average Bonchev–Trinajstić information content (AvgIpc) is 2.30. The summed E-state index contributed by atoms with van der Waals surface area (Å²) in [5.74, 6) is 1.07. The van der Waals surface area contributed by atoms with Crippen LogP contribution in [0, 0.1) is 11.8 Å². The summed E-state index contributed by atoms with van der Waals surface area (Å²) in [5, 5.41) is 3.56. The zero-order valence-corrected chi connectivity index (χ0v) is 11.0. The van der Waals surface area contributed by atoms with Gasteiger partial charge in [0.25, 0.3) is 0 Å². The SMILES string of the molecule is CCCCO[C@H]1OC2(CC)N[C@@H](C1C)[C@H]2C. The largest absolute Gasteiger partial charge is 0.352 e. The van der Waals surface area contributed by atoms with Crippen LogP contribution in [0.5, 0.6) is 0 Å². The predicted octanol–water partition coefficient (Wildman–Crippen LogP) is 2.51. The molecule has 0 aromatic carbocycles. The second kappa shape index (κ2) is 4.63. The van der Waals surface area contributed by atoms with Crippen LogP contribution in [-0.2, 0) is 9.47 Å². The van der Waals surface area contributed by atoms with Gasteiger partial charge < -0.3 is 9.47 Å². The molecule has 3 aliphatic heterocycles. The van der Waals surface area contributed by atoms with Crippen molar-refractivity contribution in [2.75, 3.05) is 6.61 Å². The Labute approximate surface area is 98.9 Å². The molecule has 0 aromatic rings. The molecule has 3 fully saturated rings. The molecule has 2 unspecified atom stereocenters. The van der Waals surface area contributed by atoms with Crippen LogP contribution in [0.25, 0.3) is 0 Å². The van der Waals surface area contributed by atoms with E-state index in [0.29, 0.717) is 17.9 Å². The Kier molecular flexibility index (Phi) is 3.57. The maximum absolute atomic E-state index is 6.13. The van der Waals surface area contributed by atoms with Gasteiger partial charge in [-0.2, -0.15) is 0 Å². The van der Waals surface area contributed by atoms with E-state index in [1.54, 1.807) is 0 Å². The molecule has 0 radical (unpaired) electrons. The van der Waals surface area contributed by atoms with Gasteiger partial charge in [0.15, 0.2) is 6.29 Å². The van der Waals surface area contributed by atoms with Gasteiger partial charge >= 0.3 is 0 Å². The van der Waals surface area contributed by atoms with Crippen molar-refractivity contribution in [2.45, 2.75) is 65.0 Å². The Morgan fingerprint density at radius 3 is 2.62 bits per heavy atom. The van der Waals surface area contributed by atoms with Crippen LogP contribution >= 0.6 is 0 Å². The van der Waals surface area contributed by atoms with E-state index < -0.39 is 0 Å². The third-order valence-corrected chi connectivity index (χ3v) is 4.31. The molecule has 0 amide bonds. The highest BCUT2D eigenvalue weighted by Crippen LogP contribution is 2.46. The van der Waals surface area contributed by atoms with Crippen molar-refractivity contribution in [1.82, 2.24) is 5.32 Å². The van der Waals surface area contributed by atoms with Gasteiger partial charge in [0.2, 0.25) is 0 Å². The molecule has 3 heteroatoms. The van der Waals surface area contributed by atoms with Crippen molar-refractivity contribution in [3.63, 3.8) is 0 Å². The third kappa shape index (κ3) is 1.79. The monoisotopic (exact) mass is 227 g/mol. The zero-order valence-electron chi connectivity index (χ0n) is 11.0. The number of fused-ring (bicyclic) bond motifs is 2. The lowest BCUT2D eigenvalue weighted by molar-refractivity contribution is -0.346. The van der Waals surface area contributed by atoms with E-state index in [1.165, 1.54) is 6.42 Å². The molecule has 3 nitrogen and oxygen atoms in total. The maximum atomic E-state index is 6.13. The van der Waals surface area contributed by atoms with Crippen LogP contribution < -0.4 is 5.32 Å². The van der Waals surface area contributed by atoms with Crippen molar-refractivity contribution < 1.29 is 9.47 Å². The van der Waals surface area contributed by atoms with Crippen LogP contribution in [0.15, 0.2) is 0 Å². The fraction of sp³-hybridized carbons (Fsp3) is 1.00. The average molecular weight is 227 g/mol. The van der Waals surface area contributed by atoms with Crippen molar-refractivity contribution >= 4 is 0 Å². The van der Waals surface area contributed by atoms with Gasteiger partial charge in [-0.05, 0) is 12.8 Å².